The molecule has 1 amide bonds. The molecule has 184 valence electrons. The largest absolute Gasteiger partial charge is 0.493 e. The van der Waals surface area contributed by atoms with Crippen LogP contribution in [0, 0.1) is 5.92 Å². The molecular formula is C24H30N2O7S. The lowest BCUT2D eigenvalue weighted by Crippen LogP contribution is -2.46. The summed E-state index contributed by atoms with van der Waals surface area (Å²) in [6.07, 6.45) is 0.626. The van der Waals surface area contributed by atoms with E-state index in [0.29, 0.717) is 31.0 Å². The van der Waals surface area contributed by atoms with Crippen LogP contribution in [-0.4, -0.2) is 58.6 Å². The molecule has 9 nitrogen and oxygen atoms in total. The van der Waals surface area contributed by atoms with Gasteiger partial charge in [-0.15, -0.1) is 0 Å². The van der Waals surface area contributed by atoms with E-state index in [-0.39, 0.29) is 16.7 Å². The van der Waals surface area contributed by atoms with Crippen LogP contribution in [0.3, 0.4) is 0 Å². The van der Waals surface area contributed by atoms with Gasteiger partial charge in [0.1, 0.15) is 6.04 Å². The van der Waals surface area contributed by atoms with Crippen LogP contribution >= 0.6 is 0 Å². The standard InChI is InChI=1S/C24H30N2O7S/c1-16(2)23(25-34(29,30)19-8-6-5-7-9-19)24(28)33-15-22(27)26-11-10-17-12-20(31-3)21(32-4)13-18(17)14-26/h5-9,12-13,16,23,25H,10-11,14-15H2,1-4H3/t23-/m0/s1. The molecular weight excluding hydrogens is 460 g/mol. The van der Waals surface area contributed by atoms with Crippen LogP contribution < -0.4 is 14.2 Å². The zero-order valence-electron chi connectivity index (χ0n) is 19.7. The first-order valence-electron chi connectivity index (χ1n) is 10.9. The van der Waals surface area contributed by atoms with Crippen LogP contribution in [0.4, 0.5) is 0 Å². The average Bonchev–Trinajstić information content (AvgIpc) is 2.84. The summed E-state index contributed by atoms with van der Waals surface area (Å²) in [5.41, 5.74) is 1.99. The van der Waals surface area contributed by atoms with E-state index in [1.54, 1.807) is 51.2 Å². The molecule has 2 aromatic carbocycles. The van der Waals surface area contributed by atoms with E-state index in [9.17, 15) is 18.0 Å². The number of hydrogen-bond acceptors (Lipinski definition) is 7. The number of esters is 1. The maximum Gasteiger partial charge on any atom is 0.324 e. The minimum atomic E-state index is -3.92. The van der Waals surface area contributed by atoms with Crippen molar-refractivity contribution in [3.05, 3.63) is 53.6 Å². The van der Waals surface area contributed by atoms with Crippen LogP contribution in [0.5, 0.6) is 11.5 Å². The molecule has 0 unspecified atom stereocenters. The van der Waals surface area contributed by atoms with E-state index < -0.39 is 28.6 Å². The quantitative estimate of drug-likeness (QED) is 0.536. The normalized spacial score (nSPS) is 14.3. The van der Waals surface area contributed by atoms with Gasteiger partial charge in [0, 0.05) is 13.1 Å². The number of methoxy groups -OCH3 is 2. The molecule has 10 heteroatoms. The Balaban J connectivity index is 1.63. The molecule has 1 heterocycles. The average molecular weight is 491 g/mol. The molecule has 1 aliphatic heterocycles. The van der Waals surface area contributed by atoms with Crippen LogP contribution in [0.1, 0.15) is 25.0 Å². The van der Waals surface area contributed by atoms with Crippen LogP contribution in [0.2, 0.25) is 0 Å². The Bertz CT molecular complexity index is 1130. The molecule has 0 bridgehead atoms. The van der Waals surface area contributed by atoms with Gasteiger partial charge in [0.15, 0.2) is 18.1 Å². The fourth-order valence-corrected chi connectivity index (χ4v) is 5.06. The van der Waals surface area contributed by atoms with Crippen LogP contribution in [-0.2, 0) is 37.3 Å². The van der Waals surface area contributed by atoms with Gasteiger partial charge in [0.05, 0.1) is 19.1 Å². The second-order valence-electron chi connectivity index (χ2n) is 8.30. The highest BCUT2D eigenvalue weighted by Gasteiger charge is 2.31. The fraction of sp³-hybridized carbons (Fsp3) is 0.417. The molecule has 0 saturated heterocycles. The molecule has 1 aliphatic rings. The molecule has 1 N–H and O–H groups in total. The predicted molar refractivity (Wildman–Crippen MR) is 125 cm³/mol. The highest BCUT2D eigenvalue weighted by atomic mass is 32.2. The Morgan fingerprint density at radius 2 is 1.65 bits per heavy atom. The molecule has 0 radical (unpaired) electrons. The molecule has 0 fully saturated rings. The lowest BCUT2D eigenvalue weighted by atomic mass is 9.99. The van der Waals surface area contributed by atoms with Gasteiger partial charge in [-0.3, -0.25) is 9.59 Å². The van der Waals surface area contributed by atoms with E-state index in [1.807, 2.05) is 12.1 Å². The topological polar surface area (TPSA) is 111 Å². The van der Waals surface area contributed by atoms with Crippen molar-refractivity contribution < 1.29 is 32.2 Å². The number of fused-ring (bicyclic) bond motifs is 1. The molecule has 0 spiro atoms. The number of nitrogens with zero attached hydrogens (tertiary/aromatic N) is 1. The fourth-order valence-electron chi connectivity index (χ4n) is 3.70. The molecule has 1 atom stereocenters. The zero-order chi connectivity index (χ0) is 24.9. The maximum atomic E-state index is 12.7. The summed E-state index contributed by atoms with van der Waals surface area (Å²) in [5, 5.41) is 0. The number of ether oxygens (including phenoxy) is 3. The van der Waals surface area contributed by atoms with Crippen molar-refractivity contribution in [2.75, 3.05) is 27.4 Å². The van der Waals surface area contributed by atoms with Gasteiger partial charge in [0.2, 0.25) is 10.0 Å². The van der Waals surface area contributed by atoms with E-state index in [1.165, 1.54) is 12.1 Å². The van der Waals surface area contributed by atoms with Crippen molar-refractivity contribution in [3.63, 3.8) is 0 Å². The van der Waals surface area contributed by atoms with E-state index in [0.717, 1.165) is 11.1 Å². The molecule has 0 aromatic heterocycles. The first-order chi connectivity index (χ1) is 16.2. The molecule has 2 aromatic rings. The van der Waals surface area contributed by atoms with Gasteiger partial charge in [-0.2, -0.15) is 4.72 Å². The number of sulfonamides is 1. The van der Waals surface area contributed by atoms with Crippen molar-refractivity contribution in [3.8, 4) is 11.5 Å². The second-order valence-corrected chi connectivity index (χ2v) is 10.0. The summed E-state index contributed by atoms with van der Waals surface area (Å²) in [7, 11) is -0.803. The first kappa shape index (κ1) is 25.5. The Hall–Kier alpha value is -3.11. The third kappa shape index (κ3) is 5.87. The summed E-state index contributed by atoms with van der Waals surface area (Å²) >= 11 is 0. The van der Waals surface area contributed by atoms with Crippen molar-refractivity contribution in [1.29, 1.82) is 0 Å². The Morgan fingerprint density at radius 3 is 2.24 bits per heavy atom. The number of nitrogens with one attached hydrogen (secondary N) is 1. The lowest BCUT2D eigenvalue weighted by Gasteiger charge is -2.30. The molecule has 0 saturated carbocycles. The van der Waals surface area contributed by atoms with Crippen molar-refractivity contribution in [1.82, 2.24) is 9.62 Å². The second kappa shape index (κ2) is 10.9. The highest BCUT2D eigenvalue weighted by molar-refractivity contribution is 7.89. The third-order valence-corrected chi connectivity index (χ3v) is 7.12. The van der Waals surface area contributed by atoms with Gasteiger partial charge in [-0.1, -0.05) is 32.0 Å². The highest BCUT2D eigenvalue weighted by Crippen LogP contribution is 2.33. The Labute approximate surface area is 200 Å². The Kier molecular flexibility index (Phi) is 8.16. The smallest absolute Gasteiger partial charge is 0.324 e. The Morgan fingerprint density at radius 1 is 1.03 bits per heavy atom. The van der Waals surface area contributed by atoms with E-state index in [4.69, 9.17) is 14.2 Å². The summed E-state index contributed by atoms with van der Waals surface area (Å²) in [6.45, 7) is 3.74. The van der Waals surface area contributed by atoms with Crippen LogP contribution in [0.15, 0.2) is 47.4 Å². The molecule has 34 heavy (non-hydrogen) atoms. The van der Waals surface area contributed by atoms with Crippen molar-refractivity contribution >= 4 is 21.9 Å². The number of benzene rings is 2. The number of carbonyl (C=O) groups excluding carboxylic acids is 2. The number of amides is 1. The first-order valence-corrected chi connectivity index (χ1v) is 12.4. The van der Waals surface area contributed by atoms with Gasteiger partial charge in [-0.05, 0) is 47.7 Å². The maximum absolute atomic E-state index is 12.7. The monoisotopic (exact) mass is 490 g/mol. The van der Waals surface area contributed by atoms with Gasteiger partial charge >= 0.3 is 5.97 Å². The van der Waals surface area contributed by atoms with Gasteiger partial charge in [0.25, 0.3) is 5.91 Å². The van der Waals surface area contributed by atoms with E-state index >= 15 is 0 Å². The SMILES string of the molecule is COc1cc2c(cc1OC)CN(C(=O)COC(=O)[C@@H](NS(=O)(=O)c1ccccc1)C(C)C)CC2. The van der Waals surface area contributed by atoms with E-state index in [2.05, 4.69) is 4.72 Å². The summed E-state index contributed by atoms with van der Waals surface area (Å²) < 4.78 is 43.6. The van der Waals surface area contributed by atoms with Gasteiger partial charge in [-0.25, -0.2) is 8.42 Å². The summed E-state index contributed by atoms with van der Waals surface area (Å²) in [5.74, 6) is -0.334. The summed E-state index contributed by atoms with van der Waals surface area (Å²) in [4.78, 5) is 27.1. The number of hydrogen-bond donors (Lipinski definition) is 1. The minimum absolute atomic E-state index is 0.0450. The number of carbonyl (C=O) groups is 2. The zero-order valence-corrected chi connectivity index (χ0v) is 20.6. The molecule has 0 aliphatic carbocycles. The third-order valence-electron chi connectivity index (χ3n) is 5.66. The van der Waals surface area contributed by atoms with Gasteiger partial charge < -0.3 is 19.1 Å². The van der Waals surface area contributed by atoms with Crippen LogP contribution in [0.25, 0.3) is 0 Å². The minimum Gasteiger partial charge on any atom is -0.493 e. The number of rotatable bonds is 9. The summed E-state index contributed by atoms with van der Waals surface area (Å²) in [6, 6.07) is 10.4. The van der Waals surface area contributed by atoms with Crippen molar-refractivity contribution in [2.24, 2.45) is 5.92 Å². The molecule has 3 rings (SSSR count). The predicted octanol–water partition coefficient (Wildman–Crippen LogP) is 2.13. The van der Waals surface area contributed by atoms with Crippen molar-refractivity contribution in [2.45, 2.75) is 37.8 Å². The lowest BCUT2D eigenvalue weighted by molar-refractivity contribution is -0.154.